The lowest BCUT2D eigenvalue weighted by molar-refractivity contribution is -0.132. The molecule has 2 aromatic carbocycles. The molecule has 1 atom stereocenters. The first-order valence-corrected chi connectivity index (χ1v) is 12.0. The van der Waals surface area contributed by atoms with Crippen LogP contribution < -0.4 is 14.4 Å². The monoisotopic (exact) mass is 477 g/mol. The third-order valence-corrected chi connectivity index (χ3v) is 6.73. The smallest absolute Gasteiger partial charge is 0.300 e. The number of thiophene rings is 1. The normalized spacial score (nSPS) is 17.4. The van der Waals surface area contributed by atoms with Crippen molar-refractivity contribution in [3.05, 3.63) is 81.6 Å². The van der Waals surface area contributed by atoms with E-state index in [1.54, 1.807) is 36.4 Å². The molecule has 1 aliphatic rings. The second-order valence-electron chi connectivity index (χ2n) is 8.20. The molecule has 7 heteroatoms. The number of anilines is 1. The number of hydrogen-bond donors (Lipinski definition) is 1. The number of aliphatic hydroxyl groups is 1. The van der Waals surface area contributed by atoms with E-state index in [1.807, 2.05) is 44.4 Å². The Bertz CT molecular complexity index is 1250. The summed E-state index contributed by atoms with van der Waals surface area (Å²) in [6, 6.07) is 15.3. The van der Waals surface area contributed by atoms with Crippen molar-refractivity contribution in [1.29, 1.82) is 0 Å². The Labute approximate surface area is 203 Å². The Hall–Kier alpha value is -3.58. The summed E-state index contributed by atoms with van der Waals surface area (Å²) < 4.78 is 11.2. The number of carbonyl (C=O) groups is 2. The van der Waals surface area contributed by atoms with Gasteiger partial charge in [0.2, 0.25) is 0 Å². The van der Waals surface area contributed by atoms with Gasteiger partial charge < -0.3 is 14.6 Å². The van der Waals surface area contributed by atoms with Crippen molar-refractivity contribution in [2.75, 3.05) is 18.6 Å². The average Bonchev–Trinajstić information content (AvgIpc) is 3.46. The third-order valence-electron chi connectivity index (χ3n) is 5.81. The number of hydrogen-bond acceptors (Lipinski definition) is 6. The number of ether oxygens (including phenoxy) is 2. The maximum atomic E-state index is 13.3. The lowest BCUT2D eigenvalue weighted by atomic mass is 9.95. The first-order chi connectivity index (χ1) is 16.4. The van der Waals surface area contributed by atoms with Gasteiger partial charge in [-0.1, -0.05) is 32.0 Å². The van der Waals surface area contributed by atoms with Crippen molar-refractivity contribution in [2.24, 2.45) is 0 Å². The van der Waals surface area contributed by atoms with Crippen LogP contribution in [0.25, 0.3) is 5.76 Å². The fraction of sp³-hybridized carbons (Fsp3) is 0.259. The molecule has 3 aromatic rings. The Morgan fingerprint density at radius 2 is 1.85 bits per heavy atom. The molecule has 34 heavy (non-hydrogen) atoms. The van der Waals surface area contributed by atoms with E-state index in [1.165, 1.54) is 23.3 Å². The molecule has 176 valence electrons. The molecule has 0 aliphatic carbocycles. The van der Waals surface area contributed by atoms with Crippen LogP contribution in [0.3, 0.4) is 0 Å². The zero-order valence-electron chi connectivity index (χ0n) is 19.6. The van der Waals surface area contributed by atoms with Crippen LogP contribution in [0.5, 0.6) is 11.5 Å². The number of nitrogens with zero attached hydrogens (tertiary/aromatic N) is 1. The van der Waals surface area contributed by atoms with Crippen LogP contribution in [-0.4, -0.2) is 30.5 Å². The van der Waals surface area contributed by atoms with E-state index < -0.39 is 17.7 Å². The topological polar surface area (TPSA) is 76.1 Å². The summed E-state index contributed by atoms with van der Waals surface area (Å²) in [7, 11) is 1.52. The summed E-state index contributed by atoms with van der Waals surface area (Å²) >= 11 is 1.42. The van der Waals surface area contributed by atoms with Crippen molar-refractivity contribution < 1.29 is 24.2 Å². The highest BCUT2D eigenvalue weighted by Crippen LogP contribution is 2.46. The van der Waals surface area contributed by atoms with Crippen LogP contribution >= 0.6 is 11.3 Å². The van der Waals surface area contributed by atoms with Gasteiger partial charge in [0, 0.05) is 10.4 Å². The number of amides is 1. The minimum atomic E-state index is -0.773. The molecule has 0 radical (unpaired) electrons. The second kappa shape index (κ2) is 9.73. The Kier molecular flexibility index (Phi) is 6.75. The second-order valence-corrected chi connectivity index (χ2v) is 9.18. The SMILES string of the molecule is CCOc1ccc(/C(O)=C2/C(=O)C(=O)N(c3ccccc3OC)C2c2cccs2)cc1C(C)C. The van der Waals surface area contributed by atoms with Gasteiger partial charge in [0.05, 0.1) is 25.0 Å². The lowest BCUT2D eigenvalue weighted by Gasteiger charge is -2.25. The molecule has 1 aliphatic heterocycles. The van der Waals surface area contributed by atoms with E-state index in [-0.39, 0.29) is 17.3 Å². The highest BCUT2D eigenvalue weighted by molar-refractivity contribution is 7.10. The van der Waals surface area contributed by atoms with Gasteiger partial charge in [-0.15, -0.1) is 11.3 Å². The number of ketones is 1. The van der Waals surface area contributed by atoms with Crippen molar-refractivity contribution in [1.82, 2.24) is 0 Å². The quantitative estimate of drug-likeness (QED) is 0.260. The van der Waals surface area contributed by atoms with E-state index >= 15 is 0 Å². The number of methoxy groups -OCH3 is 1. The summed E-state index contributed by atoms with van der Waals surface area (Å²) in [6.45, 7) is 6.51. The minimum Gasteiger partial charge on any atom is -0.507 e. The molecule has 1 N–H and O–H groups in total. The van der Waals surface area contributed by atoms with Gasteiger partial charge in [-0.25, -0.2) is 0 Å². The zero-order chi connectivity index (χ0) is 24.4. The zero-order valence-corrected chi connectivity index (χ0v) is 20.4. The number of Topliss-reactive ketones (excluding diaryl/α,β-unsaturated/α-hetero) is 1. The Balaban J connectivity index is 1.92. The van der Waals surface area contributed by atoms with Gasteiger partial charge in [0.25, 0.3) is 11.7 Å². The molecule has 6 nitrogen and oxygen atoms in total. The molecule has 1 aromatic heterocycles. The number of carbonyl (C=O) groups excluding carboxylic acids is 2. The molecular formula is C27H27NO5S. The van der Waals surface area contributed by atoms with E-state index in [0.717, 1.165) is 16.2 Å². The predicted octanol–water partition coefficient (Wildman–Crippen LogP) is 5.91. The van der Waals surface area contributed by atoms with Gasteiger partial charge >= 0.3 is 0 Å². The van der Waals surface area contributed by atoms with Gasteiger partial charge in [-0.3, -0.25) is 14.5 Å². The highest BCUT2D eigenvalue weighted by atomic mass is 32.1. The minimum absolute atomic E-state index is 0.0530. The van der Waals surface area contributed by atoms with Crippen LogP contribution in [-0.2, 0) is 9.59 Å². The molecule has 1 fully saturated rings. The van der Waals surface area contributed by atoms with Gasteiger partial charge in [-0.05, 0) is 60.2 Å². The fourth-order valence-corrected chi connectivity index (χ4v) is 5.04. The van der Waals surface area contributed by atoms with E-state index in [0.29, 0.717) is 23.6 Å². The molecule has 1 amide bonds. The standard InChI is InChI=1S/C27H27NO5S/c1-5-33-20-13-12-17(15-18(20)16(2)3)25(29)23-24(22-11-8-14-34-22)28(27(31)26(23)30)19-9-6-7-10-21(19)32-4/h6-16,24,29H,5H2,1-4H3/b25-23-. The number of rotatable bonds is 7. The molecule has 2 heterocycles. The van der Waals surface area contributed by atoms with Crippen LogP contribution in [0.1, 0.15) is 48.7 Å². The molecule has 0 bridgehead atoms. The summed E-state index contributed by atoms with van der Waals surface area (Å²) in [5, 5.41) is 13.3. The summed E-state index contributed by atoms with van der Waals surface area (Å²) in [5.41, 5.74) is 1.90. The Morgan fingerprint density at radius 3 is 2.50 bits per heavy atom. The largest absolute Gasteiger partial charge is 0.507 e. The third kappa shape index (κ3) is 4.07. The Morgan fingerprint density at radius 1 is 1.09 bits per heavy atom. The number of para-hydroxylation sites is 2. The van der Waals surface area contributed by atoms with Gasteiger partial charge in [0.1, 0.15) is 23.3 Å². The van der Waals surface area contributed by atoms with Crippen molar-refractivity contribution >= 4 is 34.5 Å². The average molecular weight is 478 g/mol. The van der Waals surface area contributed by atoms with Crippen LogP contribution in [0, 0.1) is 0 Å². The maximum Gasteiger partial charge on any atom is 0.300 e. The molecule has 1 saturated heterocycles. The van der Waals surface area contributed by atoms with Crippen LogP contribution in [0.15, 0.2) is 65.6 Å². The van der Waals surface area contributed by atoms with E-state index in [9.17, 15) is 14.7 Å². The predicted molar refractivity (Wildman–Crippen MR) is 134 cm³/mol. The summed E-state index contributed by atoms with van der Waals surface area (Å²) in [6.07, 6.45) is 0. The maximum absolute atomic E-state index is 13.3. The number of benzene rings is 2. The van der Waals surface area contributed by atoms with Crippen LogP contribution in [0.2, 0.25) is 0 Å². The first kappa shape index (κ1) is 23.6. The highest BCUT2D eigenvalue weighted by Gasteiger charge is 2.48. The van der Waals surface area contributed by atoms with Gasteiger partial charge in [-0.2, -0.15) is 0 Å². The van der Waals surface area contributed by atoms with E-state index in [4.69, 9.17) is 9.47 Å². The van der Waals surface area contributed by atoms with Crippen LogP contribution in [0.4, 0.5) is 5.69 Å². The molecule has 0 spiro atoms. The fourth-order valence-electron chi connectivity index (χ4n) is 4.22. The van der Waals surface area contributed by atoms with Gasteiger partial charge in [0.15, 0.2) is 0 Å². The molecule has 0 saturated carbocycles. The molecule has 1 unspecified atom stereocenters. The summed E-state index contributed by atoms with van der Waals surface area (Å²) in [5.74, 6) is -0.314. The molecular weight excluding hydrogens is 450 g/mol. The van der Waals surface area contributed by atoms with E-state index in [2.05, 4.69) is 0 Å². The van der Waals surface area contributed by atoms with Crippen molar-refractivity contribution in [2.45, 2.75) is 32.7 Å². The molecule has 4 rings (SSSR count). The number of aliphatic hydroxyl groups excluding tert-OH is 1. The van der Waals surface area contributed by atoms with Crippen molar-refractivity contribution in [3.8, 4) is 11.5 Å². The first-order valence-electron chi connectivity index (χ1n) is 11.1. The summed E-state index contributed by atoms with van der Waals surface area (Å²) in [4.78, 5) is 28.8. The lowest BCUT2D eigenvalue weighted by Crippen LogP contribution is -2.29. The van der Waals surface area contributed by atoms with Crippen molar-refractivity contribution in [3.63, 3.8) is 0 Å².